The van der Waals surface area contributed by atoms with E-state index in [0.717, 1.165) is 34.8 Å². The second-order valence-corrected chi connectivity index (χ2v) is 8.40. The van der Waals surface area contributed by atoms with Crippen LogP contribution in [0.2, 0.25) is 0 Å². The van der Waals surface area contributed by atoms with E-state index in [-0.39, 0.29) is 12.1 Å². The van der Waals surface area contributed by atoms with Gasteiger partial charge in [-0.2, -0.15) is 0 Å². The van der Waals surface area contributed by atoms with E-state index in [9.17, 15) is 14.1 Å². The predicted molar refractivity (Wildman–Crippen MR) is 126 cm³/mol. The number of aromatic nitrogens is 2. The van der Waals surface area contributed by atoms with Gasteiger partial charge in [-0.3, -0.25) is 14.6 Å². The van der Waals surface area contributed by atoms with Crippen LogP contribution in [-0.4, -0.2) is 45.4 Å². The molecular weight excluding hydrogens is 448 g/mol. The van der Waals surface area contributed by atoms with Gasteiger partial charge in [-0.25, -0.2) is 9.71 Å². The zero-order chi connectivity index (χ0) is 22.9. The Bertz CT molecular complexity index is 1130. The average molecular weight is 469 g/mol. The number of anilines is 1. The van der Waals surface area contributed by atoms with Crippen molar-refractivity contribution in [2.45, 2.75) is 0 Å². The maximum Gasteiger partial charge on any atom is 0.254 e. The summed E-state index contributed by atoms with van der Waals surface area (Å²) in [5, 5.41) is 14.5. The van der Waals surface area contributed by atoms with Crippen LogP contribution in [0.3, 0.4) is 0 Å². The van der Waals surface area contributed by atoms with Crippen LogP contribution < -0.4 is 15.4 Å². The van der Waals surface area contributed by atoms with E-state index in [4.69, 9.17) is 5.41 Å². The van der Waals surface area contributed by atoms with Crippen molar-refractivity contribution in [1.82, 2.24) is 20.0 Å². The van der Waals surface area contributed by atoms with Crippen molar-refractivity contribution in [3.63, 3.8) is 0 Å². The smallest absolute Gasteiger partial charge is 0.254 e. The molecule has 0 saturated heterocycles. The summed E-state index contributed by atoms with van der Waals surface area (Å²) in [4.78, 5) is 32.7. The highest BCUT2D eigenvalue weighted by Crippen LogP contribution is 2.28. The standard InChI is InChI=1S/C21H20N6O3S2/c1-32(30)25-11-17(10-22)20(29)24-12-19(28)27-21-26-18(13-31-21)16-4-2-3-15(9-16)14-5-7-23-8-6-14/h2-11,13,22,25H,12H2,1H3,(H,24,29)(H,26,27,28)/b17-11+,22-10?. The summed E-state index contributed by atoms with van der Waals surface area (Å²) in [6.07, 6.45) is 6.82. The van der Waals surface area contributed by atoms with Crippen molar-refractivity contribution >= 4 is 45.9 Å². The monoisotopic (exact) mass is 468 g/mol. The number of rotatable bonds is 9. The summed E-state index contributed by atoms with van der Waals surface area (Å²) < 4.78 is 13.5. The molecule has 2 heterocycles. The summed E-state index contributed by atoms with van der Waals surface area (Å²) in [7, 11) is 0. The average Bonchev–Trinajstić information content (AvgIpc) is 3.27. The third-order valence-electron chi connectivity index (χ3n) is 4.13. The fourth-order valence-electron chi connectivity index (χ4n) is 2.61. The Kier molecular flexibility index (Phi) is 8.08. The molecule has 32 heavy (non-hydrogen) atoms. The Balaban J connectivity index is 1.59. The SMILES string of the molecule is C[S+]([O-])N/C=C(\C=N)C(=O)NCC(=O)Nc1nc(-c2cccc(-c3ccncc3)c2)cs1. The molecule has 0 radical (unpaired) electrons. The van der Waals surface area contributed by atoms with E-state index in [1.807, 2.05) is 41.8 Å². The molecule has 0 spiro atoms. The van der Waals surface area contributed by atoms with E-state index >= 15 is 0 Å². The zero-order valence-electron chi connectivity index (χ0n) is 17.0. The molecule has 3 rings (SSSR count). The number of hydrogen-bond acceptors (Lipinski definition) is 8. The number of thiazole rings is 1. The van der Waals surface area contributed by atoms with E-state index in [1.54, 1.807) is 12.4 Å². The molecule has 1 unspecified atom stereocenters. The molecule has 0 bridgehead atoms. The van der Waals surface area contributed by atoms with Crippen molar-refractivity contribution in [3.8, 4) is 22.4 Å². The molecule has 4 N–H and O–H groups in total. The molecule has 0 aliphatic rings. The van der Waals surface area contributed by atoms with Crippen molar-refractivity contribution in [3.05, 3.63) is 65.9 Å². The van der Waals surface area contributed by atoms with Gasteiger partial charge < -0.3 is 20.6 Å². The Morgan fingerprint density at radius 2 is 1.94 bits per heavy atom. The minimum Gasteiger partial charge on any atom is -0.593 e. The minimum absolute atomic E-state index is 0.0568. The highest BCUT2D eigenvalue weighted by Gasteiger charge is 2.12. The van der Waals surface area contributed by atoms with Crippen LogP contribution in [0.15, 0.2) is 65.9 Å². The van der Waals surface area contributed by atoms with Crippen molar-refractivity contribution < 1.29 is 14.1 Å². The molecule has 0 fully saturated rings. The van der Waals surface area contributed by atoms with E-state index in [1.165, 1.54) is 17.6 Å². The lowest BCUT2D eigenvalue weighted by Crippen LogP contribution is -2.34. The Morgan fingerprint density at radius 3 is 2.66 bits per heavy atom. The Hall–Kier alpha value is -3.54. The van der Waals surface area contributed by atoms with Gasteiger partial charge in [-0.1, -0.05) is 18.2 Å². The Morgan fingerprint density at radius 1 is 1.19 bits per heavy atom. The minimum atomic E-state index is -1.37. The number of amides is 2. The maximum absolute atomic E-state index is 12.2. The molecule has 2 amide bonds. The third kappa shape index (κ3) is 6.48. The van der Waals surface area contributed by atoms with Crippen LogP contribution in [0, 0.1) is 5.41 Å². The largest absolute Gasteiger partial charge is 0.593 e. The fourth-order valence-corrected chi connectivity index (χ4v) is 3.64. The summed E-state index contributed by atoms with van der Waals surface area (Å²) in [6, 6.07) is 11.7. The number of benzene rings is 1. The zero-order valence-corrected chi connectivity index (χ0v) is 18.6. The van der Waals surface area contributed by atoms with Gasteiger partial charge in [-0.05, 0) is 29.3 Å². The van der Waals surface area contributed by atoms with Crippen LogP contribution in [0.4, 0.5) is 5.13 Å². The molecular formula is C21H20N6O3S2. The van der Waals surface area contributed by atoms with Gasteiger partial charge in [0, 0.05) is 29.6 Å². The van der Waals surface area contributed by atoms with Gasteiger partial charge in [0.1, 0.15) is 6.26 Å². The quantitative estimate of drug-likeness (QED) is 0.216. The maximum atomic E-state index is 12.2. The second-order valence-electron chi connectivity index (χ2n) is 6.40. The molecule has 1 atom stereocenters. The van der Waals surface area contributed by atoms with Crippen molar-refractivity contribution in [2.75, 3.05) is 18.1 Å². The summed E-state index contributed by atoms with van der Waals surface area (Å²) in [6.45, 7) is -0.300. The number of carbonyl (C=O) groups is 2. The Labute approximate surface area is 191 Å². The van der Waals surface area contributed by atoms with Crippen LogP contribution in [0.25, 0.3) is 22.4 Å². The van der Waals surface area contributed by atoms with Crippen molar-refractivity contribution in [2.24, 2.45) is 0 Å². The van der Waals surface area contributed by atoms with Gasteiger partial charge in [0.15, 0.2) is 5.13 Å². The molecule has 164 valence electrons. The van der Waals surface area contributed by atoms with Crippen LogP contribution in [0.1, 0.15) is 0 Å². The van der Waals surface area contributed by atoms with Crippen LogP contribution >= 0.6 is 11.3 Å². The molecule has 0 saturated carbocycles. The lowest BCUT2D eigenvalue weighted by atomic mass is 10.0. The lowest BCUT2D eigenvalue weighted by Gasteiger charge is -2.07. The molecule has 11 heteroatoms. The highest BCUT2D eigenvalue weighted by atomic mass is 32.2. The molecule has 0 aliphatic carbocycles. The van der Waals surface area contributed by atoms with E-state index in [2.05, 4.69) is 25.3 Å². The van der Waals surface area contributed by atoms with Gasteiger partial charge >= 0.3 is 0 Å². The molecule has 2 aromatic heterocycles. The highest BCUT2D eigenvalue weighted by molar-refractivity contribution is 7.88. The number of nitrogens with one attached hydrogen (secondary N) is 4. The number of nitrogens with zero attached hydrogens (tertiary/aromatic N) is 2. The number of pyridine rings is 1. The first-order valence-corrected chi connectivity index (χ1v) is 11.7. The first-order valence-electron chi connectivity index (χ1n) is 9.31. The second kappa shape index (κ2) is 11.2. The fraction of sp³-hybridized carbons (Fsp3) is 0.0952. The van der Waals surface area contributed by atoms with Gasteiger partial charge in [0.25, 0.3) is 5.91 Å². The summed E-state index contributed by atoms with van der Waals surface area (Å²) >= 11 is -0.0948. The van der Waals surface area contributed by atoms with Gasteiger partial charge in [-0.15, -0.1) is 11.3 Å². The topological polar surface area (TPSA) is 143 Å². The van der Waals surface area contributed by atoms with Gasteiger partial charge in [0.2, 0.25) is 5.91 Å². The molecule has 1 aromatic carbocycles. The number of hydrogen-bond donors (Lipinski definition) is 4. The first kappa shape index (κ1) is 23.1. The van der Waals surface area contributed by atoms with Crippen LogP contribution in [-0.2, 0) is 21.0 Å². The summed E-state index contributed by atoms with van der Waals surface area (Å²) in [5.74, 6) is -1.10. The van der Waals surface area contributed by atoms with E-state index < -0.39 is 23.2 Å². The number of carbonyl (C=O) groups excluding carboxylic acids is 2. The molecule has 9 nitrogen and oxygen atoms in total. The lowest BCUT2D eigenvalue weighted by molar-refractivity contribution is -0.121. The third-order valence-corrected chi connectivity index (χ3v) is 5.34. The van der Waals surface area contributed by atoms with Crippen molar-refractivity contribution in [1.29, 1.82) is 5.41 Å². The summed E-state index contributed by atoms with van der Waals surface area (Å²) in [5.41, 5.74) is 3.64. The molecule has 3 aromatic rings. The molecule has 0 aliphatic heterocycles. The predicted octanol–water partition coefficient (Wildman–Crippen LogP) is 2.34. The van der Waals surface area contributed by atoms with E-state index in [0.29, 0.717) is 5.13 Å². The normalized spacial score (nSPS) is 12.0. The van der Waals surface area contributed by atoms with Crippen LogP contribution in [0.5, 0.6) is 0 Å². The first-order chi connectivity index (χ1) is 15.5. The van der Waals surface area contributed by atoms with Gasteiger partial charge in [0.05, 0.1) is 35.4 Å².